The molecule has 4 rings (SSSR count). The third kappa shape index (κ3) is 4.43. The lowest BCUT2D eigenvalue weighted by atomic mass is 10.2. The zero-order valence-electron chi connectivity index (χ0n) is 13.4. The first-order valence-electron chi connectivity index (χ1n) is 7.77. The van der Waals surface area contributed by atoms with Crippen LogP contribution in [0.3, 0.4) is 0 Å². The Morgan fingerprint density at radius 2 is 1.54 bits per heavy atom. The van der Waals surface area contributed by atoms with E-state index in [1.165, 1.54) is 46.1 Å². The minimum atomic E-state index is -0.380. The predicted octanol–water partition coefficient (Wildman–Crippen LogP) is 7.21. The second kappa shape index (κ2) is 8.31. The van der Waals surface area contributed by atoms with E-state index in [-0.39, 0.29) is 10.6 Å². The summed E-state index contributed by atoms with van der Waals surface area (Å²) in [4.78, 5) is 12.7. The lowest BCUT2D eigenvalue weighted by Crippen LogP contribution is -1.88. The van der Waals surface area contributed by atoms with Gasteiger partial charge in [0.25, 0.3) is 5.69 Å². The number of thioether (sulfide) groups is 4. The van der Waals surface area contributed by atoms with Gasteiger partial charge in [-0.05, 0) is 42.0 Å². The van der Waals surface area contributed by atoms with Crippen molar-refractivity contribution in [2.75, 3.05) is 11.5 Å². The molecule has 2 aliphatic rings. The van der Waals surface area contributed by atoms with Crippen LogP contribution in [-0.4, -0.2) is 16.4 Å². The lowest BCUT2D eigenvalue weighted by molar-refractivity contribution is -0.384. The van der Waals surface area contributed by atoms with Crippen LogP contribution in [-0.2, 0) is 0 Å². The van der Waals surface area contributed by atoms with Crippen LogP contribution in [0.2, 0.25) is 0 Å². The molecular weight excluding hydrogens is 423 g/mol. The molecule has 0 spiro atoms. The first kappa shape index (κ1) is 18.3. The van der Waals surface area contributed by atoms with E-state index >= 15 is 0 Å². The average molecular weight is 436 g/mol. The molecule has 0 amide bonds. The fraction of sp³-hybridized carbons (Fsp3) is 0.111. The van der Waals surface area contributed by atoms with Crippen LogP contribution in [0.15, 0.2) is 49.1 Å². The van der Waals surface area contributed by atoms with Crippen molar-refractivity contribution < 1.29 is 4.92 Å². The SMILES string of the molecule is O=[N+]([O-])c1ccc(/C=C/c2ccc(C=C3SC4=C(SCCS4)S3)s2)cc1. The van der Waals surface area contributed by atoms with Crippen molar-refractivity contribution in [3.05, 3.63) is 74.5 Å². The quantitative estimate of drug-likeness (QED) is 0.373. The number of nitro benzene ring substituents is 1. The van der Waals surface area contributed by atoms with Crippen molar-refractivity contribution in [3.8, 4) is 0 Å². The Kier molecular flexibility index (Phi) is 5.85. The number of hydrogen-bond donors (Lipinski definition) is 0. The van der Waals surface area contributed by atoms with Gasteiger partial charge in [-0.3, -0.25) is 10.1 Å². The van der Waals surface area contributed by atoms with Gasteiger partial charge >= 0.3 is 0 Å². The van der Waals surface area contributed by atoms with Crippen LogP contribution in [0, 0.1) is 10.1 Å². The Morgan fingerprint density at radius 3 is 2.19 bits per heavy atom. The molecule has 2 aromatic rings. The number of nitro groups is 1. The molecule has 0 N–H and O–H groups in total. The van der Waals surface area contributed by atoms with Gasteiger partial charge in [-0.15, -0.1) is 34.9 Å². The predicted molar refractivity (Wildman–Crippen MR) is 121 cm³/mol. The Labute approximate surface area is 172 Å². The van der Waals surface area contributed by atoms with Crippen LogP contribution in [0.25, 0.3) is 18.2 Å². The second-order valence-corrected chi connectivity index (χ2v) is 11.6. The molecule has 8 heteroatoms. The van der Waals surface area contributed by atoms with Crippen LogP contribution < -0.4 is 0 Å². The zero-order valence-corrected chi connectivity index (χ0v) is 17.5. The van der Waals surface area contributed by atoms with Crippen LogP contribution in [0.1, 0.15) is 15.3 Å². The molecule has 0 saturated carbocycles. The lowest BCUT2D eigenvalue weighted by Gasteiger charge is -2.08. The molecule has 0 unspecified atom stereocenters. The van der Waals surface area contributed by atoms with E-state index in [4.69, 9.17) is 0 Å². The largest absolute Gasteiger partial charge is 0.269 e. The molecule has 3 heterocycles. The van der Waals surface area contributed by atoms with Gasteiger partial charge in [0.15, 0.2) is 0 Å². The third-order valence-electron chi connectivity index (χ3n) is 3.55. The molecule has 0 saturated heterocycles. The molecule has 0 radical (unpaired) electrons. The van der Waals surface area contributed by atoms with E-state index in [2.05, 4.69) is 24.3 Å². The summed E-state index contributed by atoms with van der Waals surface area (Å²) in [6.07, 6.45) is 6.31. The summed E-state index contributed by atoms with van der Waals surface area (Å²) in [5.74, 6) is 2.42. The first-order chi connectivity index (χ1) is 12.7. The fourth-order valence-electron chi connectivity index (χ4n) is 2.33. The Hall–Kier alpha value is -1.06. The molecule has 26 heavy (non-hydrogen) atoms. The molecular formula is C18H13NO2S5. The third-order valence-corrected chi connectivity index (χ3v) is 10.2. The summed E-state index contributed by atoms with van der Waals surface area (Å²) in [7, 11) is 0. The maximum absolute atomic E-state index is 10.7. The van der Waals surface area contributed by atoms with Gasteiger partial charge < -0.3 is 0 Å². The summed E-state index contributed by atoms with van der Waals surface area (Å²) in [5.41, 5.74) is 1.07. The molecule has 1 aromatic carbocycles. The summed E-state index contributed by atoms with van der Waals surface area (Å²) in [5, 5.41) is 10.7. The maximum Gasteiger partial charge on any atom is 0.269 e. The molecule has 3 nitrogen and oxygen atoms in total. The topological polar surface area (TPSA) is 43.1 Å². The van der Waals surface area contributed by atoms with E-state index in [9.17, 15) is 10.1 Å². The van der Waals surface area contributed by atoms with Gasteiger partial charge in [-0.1, -0.05) is 29.6 Å². The van der Waals surface area contributed by atoms with E-state index in [0.717, 1.165) is 5.56 Å². The van der Waals surface area contributed by atoms with Crippen LogP contribution in [0.5, 0.6) is 0 Å². The molecule has 1 aromatic heterocycles. The number of nitrogens with zero attached hydrogens (tertiary/aromatic N) is 1. The summed E-state index contributed by atoms with van der Waals surface area (Å²) in [6.45, 7) is 0. The standard InChI is InChI=1S/C18H13NO2S5/c20-19(21)13-4-1-12(2-5-13)3-6-14-7-8-15(24-14)11-16-25-17-18(26-16)23-10-9-22-17/h1-8,11H,9-10H2/b6-3+. The highest BCUT2D eigenvalue weighted by Gasteiger charge is 2.24. The Bertz CT molecular complexity index is 907. The molecule has 0 aliphatic carbocycles. The first-order valence-corrected chi connectivity index (χ1v) is 12.2. The van der Waals surface area contributed by atoms with Gasteiger partial charge in [-0.25, -0.2) is 0 Å². The fourth-order valence-corrected chi connectivity index (χ4v) is 9.21. The molecule has 0 atom stereocenters. The molecule has 0 bridgehead atoms. The van der Waals surface area contributed by atoms with Crippen molar-refractivity contribution in [2.24, 2.45) is 0 Å². The van der Waals surface area contributed by atoms with Crippen molar-refractivity contribution in [1.29, 1.82) is 0 Å². The summed E-state index contributed by atoms with van der Waals surface area (Å²) in [6, 6.07) is 10.9. The number of non-ortho nitro benzene ring substituents is 1. The smallest absolute Gasteiger partial charge is 0.258 e. The maximum atomic E-state index is 10.7. The van der Waals surface area contributed by atoms with Crippen LogP contribution >= 0.6 is 58.4 Å². The Balaban J connectivity index is 1.42. The number of thiophene rings is 1. The van der Waals surface area contributed by atoms with Crippen molar-refractivity contribution in [1.82, 2.24) is 0 Å². The van der Waals surface area contributed by atoms with E-state index < -0.39 is 0 Å². The van der Waals surface area contributed by atoms with Crippen LogP contribution in [0.4, 0.5) is 5.69 Å². The van der Waals surface area contributed by atoms with E-state index in [1.807, 2.05) is 53.1 Å². The number of rotatable bonds is 4. The highest BCUT2D eigenvalue weighted by atomic mass is 32.3. The number of benzene rings is 1. The minimum absolute atomic E-state index is 0.117. The minimum Gasteiger partial charge on any atom is -0.258 e. The molecule has 132 valence electrons. The molecule has 2 aliphatic heterocycles. The second-order valence-electron chi connectivity index (χ2n) is 5.36. The van der Waals surface area contributed by atoms with Gasteiger partial charge in [0, 0.05) is 33.4 Å². The van der Waals surface area contributed by atoms with Crippen molar-refractivity contribution >= 4 is 82.3 Å². The number of hydrogen-bond acceptors (Lipinski definition) is 7. The van der Waals surface area contributed by atoms with E-state index in [1.54, 1.807) is 23.5 Å². The van der Waals surface area contributed by atoms with Gasteiger partial charge in [0.05, 0.1) is 17.6 Å². The highest BCUT2D eigenvalue weighted by Crippen LogP contribution is 2.59. The highest BCUT2D eigenvalue weighted by molar-refractivity contribution is 8.41. The monoisotopic (exact) mass is 435 g/mol. The summed E-state index contributed by atoms with van der Waals surface area (Å²) >= 11 is 9.48. The van der Waals surface area contributed by atoms with Gasteiger partial charge in [0.1, 0.15) is 0 Å². The average Bonchev–Trinajstić information content (AvgIpc) is 3.26. The van der Waals surface area contributed by atoms with Crippen molar-refractivity contribution in [2.45, 2.75) is 0 Å². The van der Waals surface area contributed by atoms with Gasteiger partial charge in [0.2, 0.25) is 0 Å². The Morgan fingerprint density at radius 1 is 0.885 bits per heavy atom. The van der Waals surface area contributed by atoms with Crippen molar-refractivity contribution in [3.63, 3.8) is 0 Å². The van der Waals surface area contributed by atoms with Gasteiger partial charge in [-0.2, -0.15) is 0 Å². The molecule has 0 fully saturated rings. The normalized spacial score (nSPS) is 17.0. The zero-order chi connectivity index (χ0) is 17.9. The summed E-state index contributed by atoms with van der Waals surface area (Å²) < 4.78 is 4.28. The van der Waals surface area contributed by atoms with E-state index in [0.29, 0.717) is 0 Å².